The Labute approximate surface area is 195 Å². The monoisotopic (exact) mass is 473 g/mol. The van der Waals surface area contributed by atoms with Crippen molar-refractivity contribution in [3.05, 3.63) is 58.2 Å². The smallest absolute Gasteiger partial charge is 0.351 e. The van der Waals surface area contributed by atoms with Crippen molar-refractivity contribution in [3.63, 3.8) is 0 Å². The minimum atomic E-state index is -0.412. The van der Waals surface area contributed by atoms with Crippen LogP contribution in [0.2, 0.25) is 5.02 Å². The first kappa shape index (κ1) is 22.4. The van der Waals surface area contributed by atoms with Gasteiger partial charge in [0.2, 0.25) is 5.91 Å². The topological polar surface area (TPSA) is 82.2 Å². The van der Waals surface area contributed by atoms with Crippen molar-refractivity contribution in [2.75, 3.05) is 24.6 Å². The molecular weight excluding hydrogens is 450 g/mol. The van der Waals surface area contributed by atoms with Crippen molar-refractivity contribution in [1.82, 2.24) is 24.2 Å². The van der Waals surface area contributed by atoms with E-state index >= 15 is 0 Å². The fourth-order valence-electron chi connectivity index (χ4n) is 3.46. The van der Waals surface area contributed by atoms with Gasteiger partial charge >= 0.3 is 5.69 Å². The van der Waals surface area contributed by atoms with Crippen LogP contribution in [0.25, 0.3) is 17.1 Å². The van der Waals surface area contributed by atoms with Gasteiger partial charge in [-0.25, -0.2) is 14.0 Å². The van der Waals surface area contributed by atoms with Gasteiger partial charge in [0.25, 0.3) is 0 Å². The van der Waals surface area contributed by atoms with Gasteiger partial charge in [0.1, 0.15) is 12.3 Å². The first-order chi connectivity index (χ1) is 15.4. The number of carbonyl (C=O) groups excluding carboxylic acids is 1. The second kappa shape index (κ2) is 9.79. The standard InChI is InChI=1S/C22H24ClN5O3S/c1-15(2)31-17-5-3-16(4-6-17)28-21(18-7-8-24-13-19(18)23)25-27(22(28)30)14-20(29)26-9-11-32-12-10-26/h3-8,13,15H,9-12,14H2,1-2H3. The van der Waals surface area contributed by atoms with Crippen molar-refractivity contribution >= 4 is 29.3 Å². The van der Waals surface area contributed by atoms with Crippen molar-refractivity contribution in [1.29, 1.82) is 0 Å². The largest absolute Gasteiger partial charge is 0.491 e. The predicted octanol–water partition coefficient (Wildman–Crippen LogP) is 3.11. The lowest BCUT2D eigenvalue weighted by molar-refractivity contribution is -0.131. The van der Waals surface area contributed by atoms with E-state index in [0.717, 1.165) is 11.5 Å². The van der Waals surface area contributed by atoms with Gasteiger partial charge in [-0.1, -0.05) is 11.6 Å². The predicted molar refractivity (Wildman–Crippen MR) is 126 cm³/mol. The van der Waals surface area contributed by atoms with Gasteiger partial charge in [0, 0.05) is 42.6 Å². The number of rotatable bonds is 6. The summed E-state index contributed by atoms with van der Waals surface area (Å²) in [6.45, 7) is 5.13. The molecule has 0 saturated carbocycles. The molecule has 1 fully saturated rings. The van der Waals surface area contributed by atoms with Gasteiger partial charge in [-0.2, -0.15) is 11.8 Å². The Morgan fingerprint density at radius 1 is 1.19 bits per heavy atom. The first-order valence-corrected chi connectivity index (χ1v) is 11.9. The van der Waals surface area contributed by atoms with E-state index in [2.05, 4.69) is 10.1 Å². The summed E-state index contributed by atoms with van der Waals surface area (Å²) in [7, 11) is 0. The maximum Gasteiger partial charge on any atom is 0.351 e. The number of amides is 1. The highest BCUT2D eigenvalue weighted by Crippen LogP contribution is 2.27. The van der Waals surface area contributed by atoms with Crippen LogP contribution in [0.15, 0.2) is 47.5 Å². The zero-order chi connectivity index (χ0) is 22.7. The Balaban J connectivity index is 1.74. The molecule has 1 saturated heterocycles. The Morgan fingerprint density at radius 3 is 2.56 bits per heavy atom. The second-order valence-electron chi connectivity index (χ2n) is 7.61. The number of ether oxygens (including phenoxy) is 1. The van der Waals surface area contributed by atoms with Crippen LogP contribution >= 0.6 is 23.4 Å². The SMILES string of the molecule is CC(C)Oc1ccc(-n2c(-c3ccncc3Cl)nn(CC(=O)N3CCSCC3)c2=O)cc1. The quantitative estimate of drug-likeness (QED) is 0.547. The zero-order valence-electron chi connectivity index (χ0n) is 17.9. The highest BCUT2D eigenvalue weighted by Gasteiger charge is 2.23. The van der Waals surface area contributed by atoms with Crippen LogP contribution in [0.4, 0.5) is 0 Å². The number of aromatic nitrogens is 4. The molecule has 0 spiro atoms. The van der Waals surface area contributed by atoms with E-state index in [0.29, 0.717) is 40.9 Å². The summed E-state index contributed by atoms with van der Waals surface area (Å²) in [6.07, 6.45) is 3.13. The lowest BCUT2D eigenvalue weighted by atomic mass is 10.2. The van der Waals surface area contributed by atoms with Crippen molar-refractivity contribution in [2.24, 2.45) is 0 Å². The molecule has 8 nitrogen and oxygen atoms in total. The van der Waals surface area contributed by atoms with Crippen molar-refractivity contribution in [2.45, 2.75) is 26.5 Å². The molecule has 1 amide bonds. The van der Waals surface area contributed by atoms with E-state index in [1.54, 1.807) is 41.4 Å². The molecule has 0 N–H and O–H groups in total. The summed E-state index contributed by atoms with van der Waals surface area (Å²) in [4.78, 5) is 31.9. The van der Waals surface area contributed by atoms with Crippen LogP contribution < -0.4 is 10.4 Å². The Hall–Kier alpha value is -2.78. The molecular formula is C22H24ClN5O3S. The van der Waals surface area contributed by atoms with E-state index in [1.807, 2.05) is 25.6 Å². The summed E-state index contributed by atoms with van der Waals surface area (Å²) in [5, 5.41) is 4.86. The Morgan fingerprint density at radius 2 is 1.91 bits per heavy atom. The molecule has 0 bridgehead atoms. The molecule has 0 aliphatic carbocycles. The molecule has 0 atom stereocenters. The van der Waals surface area contributed by atoms with Crippen molar-refractivity contribution < 1.29 is 9.53 Å². The van der Waals surface area contributed by atoms with E-state index in [4.69, 9.17) is 16.3 Å². The molecule has 2 aromatic heterocycles. The normalized spacial score (nSPS) is 14.1. The molecule has 0 unspecified atom stereocenters. The fraction of sp³-hybridized carbons (Fsp3) is 0.364. The lowest BCUT2D eigenvalue weighted by Gasteiger charge is -2.26. The zero-order valence-corrected chi connectivity index (χ0v) is 19.5. The minimum Gasteiger partial charge on any atom is -0.491 e. The molecule has 1 aromatic carbocycles. The van der Waals surface area contributed by atoms with Crippen LogP contribution in [0.3, 0.4) is 0 Å². The molecule has 1 aliphatic rings. The number of benzene rings is 1. The summed E-state index contributed by atoms with van der Waals surface area (Å²) >= 11 is 8.19. The molecule has 32 heavy (non-hydrogen) atoms. The third-order valence-corrected chi connectivity index (χ3v) is 6.21. The van der Waals surface area contributed by atoms with Gasteiger partial charge in [-0.15, -0.1) is 5.10 Å². The summed E-state index contributed by atoms with van der Waals surface area (Å²) < 4.78 is 8.37. The molecule has 0 radical (unpaired) electrons. The van der Waals surface area contributed by atoms with Crippen LogP contribution in [-0.4, -0.2) is 60.8 Å². The van der Waals surface area contributed by atoms with E-state index in [-0.39, 0.29) is 18.6 Å². The number of halogens is 1. The Kier molecular flexibility index (Phi) is 6.86. The maximum absolute atomic E-state index is 13.4. The highest BCUT2D eigenvalue weighted by atomic mass is 35.5. The number of thioether (sulfide) groups is 1. The average molecular weight is 474 g/mol. The van der Waals surface area contributed by atoms with Gasteiger partial charge in [-0.05, 0) is 44.2 Å². The molecule has 168 valence electrons. The first-order valence-electron chi connectivity index (χ1n) is 10.4. The third-order valence-electron chi connectivity index (χ3n) is 4.97. The molecule has 10 heteroatoms. The van der Waals surface area contributed by atoms with Gasteiger partial charge in [0.15, 0.2) is 5.82 Å². The van der Waals surface area contributed by atoms with Gasteiger partial charge in [0.05, 0.1) is 16.8 Å². The summed E-state index contributed by atoms with van der Waals surface area (Å²) in [5.74, 6) is 2.73. The van der Waals surface area contributed by atoms with E-state index in [1.165, 1.54) is 15.4 Å². The number of hydrogen-bond donors (Lipinski definition) is 0. The molecule has 3 heterocycles. The van der Waals surface area contributed by atoms with Crippen LogP contribution in [-0.2, 0) is 11.3 Å². The van der Waals surface area contributed by atoms with Crippen LogP contribution in [0, 0.1) is 0 Å². The van der Waals surface area contributed by atoms with Gasteiger partial charge in [-0.3, -0.25) is 9.78 Å². The fourth-order valence-corrected chi connectivity index (χ4v) is 4.57. The molecule has 4 rings (SSSR count). The average Bonchev–Trinajstić information content (AvgIpc) is 3.10. The van der Waals surface area contributed by atoms with Crippen LogP contribution in [0.1, 0.15) is 13.8 Å². The van der Waals surface area contributed by atoms with E-state index in [9.17, 15) is 9.59 Å². The molecule has 3 aromatic rings. The summed E-state index contributed by atoms with van der Waals surface area (Å²) in [6, 6.07) is 8.87. The van der Waals surface area contributed by atoms with Gasteiger partial charge < -0.3 is 9.64 Å². The lowest BCUT2D eigenvalue weighted by Crippen LogP contribution is -2.41. The minimum absolute atomic E-state index is 0.0386. The summed E-state index contributed by atoms with van der Waals surface area (Å²) in [5.41, 5.74) is 0.744. The molecule has 1 aliphatic heterocycles. The second-order valence-corrected chi connectivity index (χ2v) is 9.24. The number of hydrogen-bond acceptors (Lipinski definition) is 6. The Bertz CT molecular complexity index is 1150. The number of pyridine rings is 1. The maximum atomic E-state index is 13.4. The van der Waals surface area contributed by atoms with E-state index < -0.39 is 5.69 Å². The number of nitrogens with zero attached hydrogens (tertiary/aromatic N) is 5. The van der Waals surface area contributed by atoms with Crippen LogP contribution in [0.5, 0.6) is 5.75 Å². The number of carbonyl (C=O) groups is 1. The highest BCUT2D eigenvalue weighted by molar-refractivity contribution is 7.99. The van der Waals surface area contributed by atoms with Crippen molar-refractivity contribution in [3.8, 4) is 22.8 Å². The third kappa shape index (κ3) is 4.83.